The third-order valence-electron chi connectivity index (χ3n) is 3.84. The molecule has 1 rings (SSSR count). The largest absolute Gasteiger partial charge is 0.420 e. The van der Waals surface area contributed by atoms with Crippen LogP contribution in [0, 0.1) is 29.1 Å². The summed E-state index contributed by atoms with van der Waals surface area (Å²) in [6.07, 6.45) is 8.07. The highest BCUT2D eigenvalue weighted by Crippen LogP contribution is 2.29. The number of unbranched alkanes of at least 4 members (excludes halogenated alkanes) is 8. The summed E-state index contributed by atoms with van der Waals surface area (Å²) in [6.45, 7) is 0. The van der Waals surface area contributed by atoms with Crippen LogP contribution in [0.2, 0.25) is 0 Å². The molecule has 26 heavy (non-hydrogen) atoms. The first-order valence-electron chi connectivity index (χ1n) is 8.55. The third-order valence-corrected chi connectivity index (χ3v) is 3.84. The Morgan fingerprint density at radius 2 is 1.12 bits per heavy atom. The smallest absolute Gasteiger partial charge is 0.311 e. The molecule has 0 saturated carbocycles. The van der Waals surface area contributed by atoms with E-state index in [0.29, 0.717) is 19.3 Å². The number of aldehydes is 1. The van der Waals surface area contributed by atoms with Crippen molar-refractivity contribution in [1.82, 2.24) is 0 Å². The van der Waals surface area contributed by atoms with Gasteiger partial charge in [-0.15, -0.1) is 0 Å². The molecule has 0 fully saturated rings. The number of carbonyl (C=O) groups is 2. The molecule has 146 valence electrons. The lowest BCUT2D eigenvalue weighted by Gasteiger charge is -2.08. The molecule has 0 spiro atoms. The topological polar surface area (TPSA) is 43.4 Å². The maximum absolute atomic E-state index is 13.4. The Morgan fingerprint density at radius 3 is 1.62 bits per heavy atom. The second-order valence-electron chi connectivity index (χ2n) is 5.91. The molecule has 0 aromatic heterocycles. The van der Waals surface area contributed by atoms with Crippen molar-refractivity contribution in [1.29, 1.82) is 0 Å². The van der Waals surface area contributed by atoms with E-state index in [9.17, 15) is 31.5 Å². The Morgan fingerprint density at radius 1 is 0.692 bits per heavy atom. The van der Waals surface area contributed by atoms with E-state index in [4.69, 9.17) is 0 Å². The van der Waals surface area contributed by atoms with Crippen LogP contribution < -0.4 is 4.74 Å². The fraction of sp³-hybridized carbons (Fsp3) is 0.556. The molecule has 0 atom stereocenters. The number of rotatable bonds is 12. The monoisotopic (exact) mass is 380 g/mol. The molecule has 0 aliphatic carbocycles. The number of esters is 1. The second kappa shape index (κ2) is 11.6. The molecule has 8 heteroatoms. The molecule has 1 aromatic carbocycles. The summed E-state index contributed by atoms with van der Waals surface area (Å²) in [5, 5.41) is 0. The maximum Gasteiger partial charge on any atom is 0.311 e. The molecule has 0 radical (unpaired) electrons. The minimum Gasteiger partial charge on any atom is -0.420 e. The van der Waals surface area contributed by atoms with E-state index in [-0.39, 0.29) is 6.42 Å². The number of benzene rings is 1. The highest BCUT2D eigenvalue weighted by Gasteiger charge is 2.28. The summed E-state index contributed by atoms with van der Waals surface area (Å²) in [6, 6.07) is 0. The zero-order valence-electron chi connectivity index (χ0n) is 14.3. The lowest BCUT2D eigenvalue weighted by molar-refractivity contribution is -0.135. The van der Waals surface area contributed by atoms with Crippen molar-refractivity contribution < 1.29 is 36.3 Å². The first-order chi connectivity index (χ1) is 12.4. The van der Waals surface area contributed by atoms with Gasteiger partial charge in [0.2, 0.25) is 34.8 Å². The molecular weight excluding hydrogens is 359 g/mol. The Kier molecular flexibility index (Phi) is 9.83. The summed E-state index contributed by atoms with van der Waals surface area (Å²) in [5.74, 6) is -13.6. The first-order valence-corrected chi connectivity index (χ1v) is 8.55. The zero-order chi connectivity index (χ0) is 19.5. The molecule has 0 bridgehead atoms. The molecule has 0 saturated heterocycles. The second-order valence-corrected chi connectivity index (χ2v) is 5.91. The molecule has 0 amide bonds. The lowest BCUT2D eigenvalue weighted by atomic mass is 10.1. The predicted octanol–water partition coefficient (Wildman–Crippen LogP) is 5.39. The van der Waals surface area contributed by atoms with Crippen LogP contribution in [-0.2, 0) is 9.59 Å². The molecule has 0 unspecified atom stereocenters. The van der Waals surface area contributed by atoms with Crippen molar-refractivity contribution in [3.05, 3.63) is 29.1 Å². The minimum atomic E-state index is -2.30. The number of hydrogen-bond acceptors (Lipinski definition) is 3. The highest BCUT2D eigenvalue weighted by molar-refractivity contribution is 5.72. The Labute approximate surface area is 148 Å². The van der Waals surface area contributed by atoms with E-state index in [2.05, 4.69) is 4.74 Å². The van der Waals surface area contributed by atoms with Crippen LogP contribution in [0.1, 0.15) is 64.2 Å². The van der Waals surface area contributed by atoms with Gasteiger partial charge in [0.1, 0.15) is 6.29 Å². The van der Waals surface area contributed by atoms with Crippen LogP contribution in [0.4, 0.5) is 22.0 Å². The van der Waals surface area contributed by atoms with Crippen molar-refractivity contribution in [2.45, 2.75) is 64.2 Å². The van der Waals surface area contributed by atoms with Gasteiger partial charge in [0.15, 0.2) is 0 Å². The van der Waals surface area contributed by atoms with E-state index in [1.54, 1.807) is 0 Å². The lowest BCUT2D eigenvalue weighted by Crippen LogP contribution is -2.13. The molecule has 1 aromatic rings. The standard InChI is InChI=1S/C18H21F5O3/c19-13-14(20)16(22)18(17(23)15(13)21)26-12(25)10-8-6-4-2-1-3-5-7-9-11-24/h11H,1-10H2. The van der Waals surface area contributed by atoms with Crippen LogP contribution in [0.3, 0.4) is 0 Å². The van der Waals surface area contributed by atoms with Crippen LogP contribution in [-0.4, -0.2) is 12.3 Å². The van der Waals surface area contributed by atoms with Crippen LogP contribution in [0.5, 0.6) is 5.75 Å². The summed E-state index contributed by atoms with van der Waals surface area (Å²) < 4.78 is 70.0. The average molecular weight is 380 g/mol. The van der Waals surface area contributed by atoms with E-state index < -0.39 is 40.8 Å². The number of ether oxygens (including phenoxy) is 1. The van der Waals surface area contributed by atoms with Crippen molar-refractivity contribution in [3.8, 4) is 5.75 Å². The van der Waals surface area contributed by atoms with Gasteiger partial charge in [-0.3, -0.25) is 4.79 Å². The third kappa shape index (κ3) is 6.72. The van der Waals surface area contributed by atoms with Crippen LogP contribution in [0.25, 0.3) is 0 Å². The van der Waals surface area contributed by atoms with E-state index >= 15 is 0 Å². The highest BCUT2D eigenvalue weighted by atomic mass is 19.2. The summed E-state index contributed by atoms with van der Waals surface area (Å²) in [7, 11) is 0. The minimum absolute atomic E-state index is 0.182. The van der Waals surface area contributed by atoms with E-state index in [1.165, 1.54) is 0 Å². The van der Waals surface area contributed by atoms with Crippen molar-refractivity contribution in [2.75, 3.05) is 0 Å². The van der Waals surface area contributed by atoms with E-state index in [0.717, 1.165) is 44.8 Å². The van der Waals surface area contributed by atoms with Gasteiger partial charge in [-0.2, -0.15) is 8.78 Å². The van der Waals surface area contributed by atoms with Gasteiger partial charge in [0.05, 0.1) is 0 Å². The summed E-state index contributed by atoms with van der Waals surface area (Å²) in [4.78, 5) is 21.7. The first kappa shape index (κ1) is 22.1. The summed E-state index contributed by atoms with van der Waals surface area (Å²) >= 11 is 0. The van der Waals surface area contributed by atoms with Gasteiger partial charge in [0.25, 0.3) is 0 Å². The quantitative estimate of drug-likeness (QED) is 0.0929. The van der Waals surface area contributed by atoms with Gasteiger partial charge in [-0.1, -0.05) is 38.5 Å². The van der Waals surface area contributed by atoms with Gasteiger partial charge in [-0.05, 0) is 12.8 Å². The van der Waals surface area contributed by atoms with Gasteiger partial charge in [0, 0.05) is 12.8 Å². The molecule has 0 aliphatic rings. The van der Waals surface area contributed by atoms with Crippen molar-refractivity contribution in [3.63, 3.8) is 0 Å². The Balaban J connectivity index is 2.29. The van der Waals surface area contributed by atoms with Crippen LogP contribution in [0.15, 0.2) is 0 Å². The molecule has 0 N–H and O–H groups in total. The van der Waals surface area contributed by atoms with E-state index in [1.807, 2.05) is 0 Å². The molecule has 3 nitrogen and oxygen atoms in total. The van der Waals surface area contributed by atoms with Crippen LogP contribution >= 0.6 is 0 Å². The molecule has 0 aliphatic heterocycles. The normalized spacial score (nSPS) is 10.8. The predicted molar refractivity (Wildman–Crippen MR) is 84.1 cm³/mol. The average Bonchev–Trinajstić information content (AvgIpc) is 2.63. The Hall–Kier alpha value is -1.99. The number of halogens is 5. The fourth-order valence-electron chi connectivity index (χ4n) is 2.40. The summed E-state index contributed by atoms with van der Waals surface area (Å²) in [5.41, 5.74) is 0. The molecular formula is C18H21F5O3. The maximum atomic E-state index is 13.4. The fourth-order valence-corrected chi connectivity index (χ4v) is 2.40. The number of carbonyl (C=O) groups excluding carboxylic acids is 2. The zero-order valence-corrected chi connectivity index (χ0v) is 14.3. The SMILES string of the molecule is O=CCCCCCCCCCCC(=O)Oc1c(F)c(F)c(F)c(F)c1F. The number of hydrogen-bond donors (Lipinski definition) is 0. The van der Waals surface area contributed by atoms with Crippen molar-refractivity contribution >= 4 is 12.3 Å². The van der Waals surface area contributed by atoms with Gasteiger partial charge >= 0.3 is 5.97 Å². The Bertz CT molecular complexity index is 590. The van der Waals surface area contributed by atoms with Gasteiger partial charge in [-0.25, -0.2) is 13.2 Å². The van der Waals surface area contributed by atoms with Crippen molar-refractivity contribution in [2.24, 2.45) is 0 Å². The molecule has 0 heterocycles. The van der Waals surface area contributed by atoms with Gasteiger partial charge < -0.3 is 9.53 Å².